The van der Waals surface area contributed by atoms with Crippen molar-refractivity contribution in [3.05, 3.63) is 60.4 Å². The predicted octanol–water partition coefficient (Wildman–Crippen LogP) is 2.61. The molecule has 0 amide bonds. The van der Waals surface area contributed by atoms with Gasteiger partial charge in [-0.25, -0.2) is 8.42 Å². The molecule has 0 aliphatic heterocycles. The van der Waals surface area contributed by atoms with E-state index in [-0.39, 0.29) is 11.4 Å². The van der Waals surface area contributed by atoms with E-state index < -0.39 is 10.0 Å². The van der Waals surface area contributed by atoms with Crippen LogP contribution in [-0.2, 0) is 21.4 Å². The summed E-state index contributed by atoms with van der Waals surface area (Å²) in [7, 11) is -3.68. The van der Waals surface area contributed by atoms with Crippen LogP contribution in [0.1, 0.15) is 18.9 Å². The number of hydroxylamine groups is 1. The van der Waals surface area contributed by atoms with Crippen LogP contribution in [-0.4, -0.2) is 24.5 Å². The Labute approximate surface area is 125 Å². The largest absolute Gasteiger partial charge is 0.284 e. The highest BCUT2D eigenvalue weighted by atomic mass is 32.2. The van der Waals surface area contributed by atoms with E-state index in [1.165, 1.54) is 0 Å². The lowest BCUT2D eigenvalue weighted by molar-refractivity contribution is -0.0906. The highest BCUT2D eigenvalue weighted by molar-refractivity contribution is 7.89. The van der Waals surface area contributed by atoms with Gasteiger partial charge in [-0.15, -0.1) is 0 Å². The summed E-state index contributed by atoms with van der Waals surface area (Å²) in [6, 6.07) is 11.8. The van der Waals surface area contributed by atoms with Gasteiger partial charge in [0.05, 0.1) is 18.0 Å². The summed E-state index contributed by atoms with van der Waals surface area (Å²) in [4.78, 5) is 9.58. The maximum absolute atomic E-state index is 12.6. The Morgan fingerprint density at radius 3 is 2.38 bits per heavy atom. The van der Waals surface area contributed by atoms with E-state index in [0.29, 0.717) is 6.61 Å². The quantitative estimate of drug-likeness (QED) is 0.738. The summed E-state index contributed by atoms with van der Waals surface area (Å²) in [6.45, 7) is 2.43. The first-order valence-electron chi connectivity index (χ1n) is 6.74. The van der Waals surface area contributed by atoms with Crippen LogP contribution < -0.4 is 0 Å². The van der Waals surface area contributed by atoms with Crippen molar-refractivity contribution in [3.63, 3.8) is 0 Å². The highest BCUT2D eigenvalue weighted by Crippen LogP contribution is 2.18. The van der Waals surface area contributed by atoms with Gasteiger partial charge in [-0.05, 0) is 36.2 Å². The maximum Gasteiger partial charge on any atom is 0.265 e. The van der Waals surface area contributed by atoms with Gasteiger partial charge in [-0.2, -0.15) is 0 Å². The summed E-state index contributed by atoms with van der Waals surface area (Å²) in [5.41, 5.74) is 0.820. The van der Waals surface area contributed by atoms with Crippen LogP contribution >= 0.6 is 0 Å². The van der Waals surface area contributed by atoms with E-state index >= 15 is 0 Å². The van der Waals surface area contributed by atoms with Gasteiger partial charge < -0.3 is 0 Å². The number of rotatable bonds is 7. The van der Waals surface area contributed by atoms with Crippen molar-refractivity contribution >= 4 is 10.0 Å². The number of benzene rings is 1. The summed E-state index contributed by atoms with van der Waals surface area (Å²) < 4.78 is 26.3. The molecule has 1 heterocycles. The molecule has 0 aliphatic rings. The van der Waals surface area contributed by atoms with Crippen LogP contribution in [0.25, 0.3) is 0 Å². The molecule has 0 unspecified atom stereocenters. The van der Waals surface area contributed by atoms with Crippen molar-refractivity contribution in [1.29, 1.82) is 0 Å². The summed E-state index contributed by atoms with van der Waals surface area (Å²) in [5.74, 6) is 0. The Bertz CT molecular complexity index is 645. The second-order valence-electron chi connectivity index (χ2n) is 4.47. The molecule has 0 N–H and O–H groups in total. The molecule has 0 spiro atoms. The van der Waals surface area contributed by atoms with Crippen LogP contribution in [0, 0.1) is 0 Å². The van der Waals surface area contributed by atoms with E-state index in [4.69, 9.17) is 4.84 Å². The lowest BCUT2D eigenvalue weighted by Crippen LogP contribution is -2.31. The fourth-order valence-corrected chi connectivity index (χ4v) is 3.01. The smallest absolute Gasteiger partial charge is 0.265 e. The molecule has 0 aliphatic carbocycles. The highest BCUT2D eigenvalue weighted by Gasteiger charge is 2.25. The normalized spacial score (nSPS) is 11.7. The molecule has 2 aromatic rings. The first-order chi connectivity index (χ1) is 10.1. The van der Waals surface area contributed by atoms with E-state index in [1.807, 2.05) is 6.92 Å². The molecule has 5 nitrogen and oxygen atoms in total. The number of sulfonamides is 1. The van der Waals surface area contributed by atoms with Crippen molar-refractivity contribution in [2.45, 2.75) is 24.8 Å². The Morgan fingerprint density at radius 2 is 1.76 bits per heavy atom. The van der Waals surface area contributed by atoms with Crippen LogP contribution in [0.15, 0.2) is 59.8 Å². The van der Waals surface area contributed by atoms with Crippen LogP contribution in [0.2, 0.25) is 0 Å². The molecule has 0 fully saturated rings. The summed E-state index contributed by atoms with van der Waals surface area (Å²) in [5, 5.41) is 0. The Morgan fingerprint density at radius 1 is 1.10 bits per heavy atom. The van der Waals surface area contributed by atoms with Gasteiger partial charge in [0, 0.05) is 12.4 Å². The van der Waals surface area contributed by atoms with Gasteiger partial charge in [0.15, 0.2) is 0 Å². The van der Waals surface area contributed by atoms with Gasteiger partial charge >= 0.3 is 0 Å². The van der Waals surface area contributed by atoms with Crippen LogP contribution in [0.3, 0.4) is 0 Å². The van der Waals surface area contributed by atoms with Crippen molar-refractivity contribution in [2.75, 3.05) is 6.61 Å². The molecule has 21 heavy (non-hydrogen) atoms. The molecule has 0 saturated heterocycles. The number of hydrogen-bond acceptors (Lipinski definition) is 4. The van der Waals surface area contributed by atoms with Gasteiger partial charge in [0.2, 0.25) is 0 Å². The Kier molecular flexibility index (Phi) is 5.44. The molecule has 1 aromatic carbocycles. The van der Waals surface area contributed by atoms with Gasteiger partial charge in [-0.1, -0.05) is 29.6 Å². The fourth-order valence-electron chi connectivity index (χ4n) is 1.74. The van der Waals surface area contributed by atoms with E-state index in [0.717, 1.165) is 16.5 Å². The minimum absolute atomic E-state index is 0.153. The molecular formula is C15H18N2O3S. The molecule has 1 aromatic heterocycles. The molecule has 2 rings (SSSR count). The Hall–Kier alpha value is -1.76. The average Bonchev–Trinajstić information content (AvgIpc) is 2.53. The van der Waals surface area contributed by atoms with Crippen LogP contribution in [0.4, 0.5) is 0 Å². The lowest BCUT2D eigenvalue weighted by atomic mass is 10.3. The second-order valence-corrected chi connectivity index (χ2v) is 6.30. The monoisotopic (exact) mass is 306 g/mol. The standard InChI is InChI=1S/C15H18N2O3S/c1-2-12-20-17(13-14-8-10-16-11-9-14)21(18,19)15-6-4-3-5-7-15/h3-11H,2,12-13H2,1H3. The third-order valence-corrected chi connectivity index (χ3v) is 4.45. The van der Waals surface area contributed by atoms with E-state index in [1.54, 1.807) is 54.9 Å². The second kappa shape index (κ2) is 7.31. The third kappa shape index (κ3) is 4.10. The number of hydrogen-bond donors (Lipinski definition) is 0. The topological polar surface area (TPSA) is 59.5 Å². The minimum atomic E-state index is -3.68. The van der Waals surface area contributed by atoms with Crippen LogP contribution in [0.5, 0.6) is 0 Å². The zero-order valence-electron chi connectivity index (χ0n) is 11.8. The summed E-state index contributed by atoms with van der Waals surface area (Å²) >= 11 is 0. The minimum Gasteiger partial charge on any atom is -0.284 e. The van der Waals surface area contributed by atoms with Gasteiger partial charge in [0.1, 0.15) is 0 Å². The molecule has 6 heteroatoms. The first-order valence-corrected chi connectivity index (χ1v) is 8.18. The van der Waals surface area contributed by atoms with Crippen molar-refractivity contribution < 1.29 is 13.3 Å². The van der Waals surface area contributed by atoms with Crippen molar-refractivity contribution in [1.82, 2.24) is 9.45 Å². The molecule has 0 saturated carbocycles. The first kappa shape index (κ1) is 15.6. The molecule has 112 valence electrons. The molecule has 0 radical (unpaired) electrons. The molecule has 0 bridgehead atoms. The molecule has 0 atom stereocenters. The predicted molar refractivity (Wildman–Crippen MR) is 79.7 cm³/mol. The van der Waals surface area contributed by atoms with Gasteiger partial charge in [0.25, 0.3) is 10.0 Å². The van der Waals surface area contributed by atoms with Gasteiger partial charge in [-0.3, -0.25) is 9.82 Å². The number of nitrogens with zero attached hydrogens (tertiary/aromatic N) is 2. The lowest BCUT2D eigenvalue weighted by Gasteiger charge is -2.21. The third-order valence-electron chi connectivity index (χ3n) is 2.81. The SMILES string of the molecule is CCCON(Cc1ccncc1)S(=O)(=O)c1ccccc1. The number of aromatic nitrogens is 1. The van der Waals surface area contributed by atoms with Crippen molar-refractivity contribution in [3.8, 4) is 0 Å². The maximum atomic E-state index is 12.6. The average molecular weight is 306 g/mol. The molecular weight excluding hydrogens is 288 g/mol. The number of pyridine rings is 1. The summed E-state index contributed by atoms with van der Waals surface area (Å²) in [6.07, 6.45) is 3.99. The Balaban J connectivity index is 2.27. The zero-order chi connectivity index (χ0) is 15.1. The van der Waals surface area contributed by atoms with Crippen molar-refractivity contribution in [2.24, 2.45) is 0 Å². The van der Waals surface area contributed by atoms with E-state index in [2.05, 4.69) is 4.98 Å². The fraction of sp³-hybridized carbons (Fsp3) is 0.267. The zero-order valence-corrected chi connectivity index (χ0v) is 12.7. The van der Waals surface area contributed by atoms with E-state index in [9.17, 15) is 8.42 Å².